The number of nitro benzene ring substituents is 1. The quantitative estimate of drug-likeness (QED) is 0.542. The molecule has 9 heteroatoms. The van der Waals surface area contributed by atoms with Crippen LogP contribution in [0.5, 0.6) is 0 Å². The van der Waals surface area contributed by atoms with Gasteiger partial charge in [-0.25, -0.2) is 0 Å². The zero-order valence-corrected chi connectivity index (χ0v) is 16.8. The van der Waals surface area contributed by atoms with Crippen molar-refractivity contribution in [1.82, 2.24) is 14.7 Å². The van der Waals surface area contributed by atoms with Crippen LogP contribution >= 0.6 is 11.6 Å². The summed E-state index contributed by atoms with van der Waals surface area (Å²) in [5, 5.41) is 15.1. The number of anilines is 1. The predicted molar refractivity (Wildman–Crippen MR) is 110 cm³/mol. The van der Waals surface area contributed by atoms with Crippen molar-refractivity contribution in [2.45, 2.75) is 20.3 Å². The standard InChI is InChI=1S/C19H24ClN5O3/c1-14(2)7-8-22-9-11-23(12-10-22)17-13-21-24(19(26)18(17)20)15-3-5-16(6-4-15)25(27)28/h3-6,13-14H,7-12H2,1-2H3. The van der Waals surface area contributed by atoms with E-state index in [2.05, 4.69) is 28.7 Å². The average Bonchev–Trinajstić information content (AvgIpc) is 2.69. The smallest absolute Gasteiger partial charge is 0.292 e. The van der Waals surface area contributed by atoms with Gasteiger partial charge in [0.1, 0.15) is 5.02 Å². The lowest BCUT2D eigenvalue weighted by atomic mass is 10.1. The van der Waals surface area contributed by atoms with Gasteiger partial charge in [0, 0.05) is 38.3 Å². The van der Waals surface area contributed by atoms with Crippen molar-refractivity contribution < 1.29 is 4.92 Å². The molecule has 0 amide bonds. The van der Waals surface area contributed by atoms with E-state index in [4.69, 9.17) is 11.6 Å². The van der Waals surface area contributed by atoms with Crippen molar-refractivity contribution >= 4 is 23.0 Å². The highest BCUT2D eigenvalue weighted by Crippen LogP contribution is 2.23. The monoisotopic (exact) mass is 405 g/mol. The van der Waals surface area contributed by atoms with E-state index in [1.54, 1.807) is 6.20 Å². The Balaban J connectivity index is 1.74. The molecule has 0 spiro atoms. The first-order valence-corrected chi connectivity index (χ1v) is 9.74. The van der Waals surface area contributed by atoms with E-state index >= 15 is 0 Å². The summed E-state index contributed by atoms with van der Waals surface area (Å²) in [4.78, 5) is 27.5. The van der Waals surface area contributed by atoms with Crippen LogP contribution in [0, 0.1) is 16.0 Å². The van der Waals surface area contributed by atoms with Crippen LogP contribution in [0.2, 0.25) is 5.02 Å². The summed E-state index contributed by atoms with van der Waals surface area (Å²) in [6.45, 7) is 8.96. The van der Waals surface area contributed by atoms with Crippen molar-refractivity contribution in [2.75, 3.05) is 37.6 Å². The molecule has 28 heavy (non-hydrogen) atoms. The topological polar surface area (TPSA) is 84.5 Å². The second-order valence-electron chi connectivity index (χ2n) is 7.35. The molecule has 0 unspecified atom stereocenters. The summed E-state index contributed by atoms with van der Waals surface area (Å²) < 4.78 is 1.16. The molecule has 150 valence electrons. The number of piperazine rings is 1. The van der Waals surface area contributed by atoms with Crippen LogP contribution in [0.1, 0.15) is 20.3 Å². The maximum absolute atomic E-state index is 12.7. The molecule has 0 bridgehead atoms. The third kappa shape index (κ3) is 4.51. The van der Waals surface area contributed by atoms with E-state index in [1.165, 1.54) is 30.7 Å². The number of benzene rings is 1. The molecule has 0 saturated carbocycles. The second-order valence-corrected chi connectivity index (χ2v) is 7.72. The fourth-order valence-electron chi connectivity index (χ4n) is 3.20. The van der Waals surface area contributed by atoms with E-state index in [1.807, 2.05) is 0 Å². The lowest BCUT2D eigenvalue weighted by Crippen LogP contribution is -2.47. The molecule has 1 aliphatic rings. The fraction of sp³-hybridized carbons (Fsp3) is 0.474. The number of halogens is 1. The maximum Gasteiger partial charge on any atom is 0.292 e. The number of aromatic nitrogens is 2. The minimum absolute atomic E-state index is 0.0464. The molecule has 8 nitrogen and oxygen atoms in total. The number of nitrogens with zero attached hydrogens (tertiary/aromatic N) is 5. The zero-order valence-electron chi connectivity index (χ0n) is 16.0. The molecule has 3 rings (SSSR count). The van der Waals surface area contributed by atoms with Crippen LogP contribution in [0.3, 0.4) is 0 Å². The Morgan fingerprint density at radius 2 is 1.82 bits per heavy atom. The van der Waals surface area contributed by atoms with Gasteiger partial charge in [0.15, 0.2) is 0 Å². The van der Waals surface area contributed by atoms with Crippen molar-refractivity contribution in [2.24, 2.45) is 5.92 Å². The van der Waals surface area contributed by atoms with Gasteiger partial charge < -0.3 is 4.90 Å². The molecular formula is C19H24ClN5O3. The van der Waals surface area contributed by atoms with Gasteiger partial charge >= 0.3 is 0 Å². The van der Waals surface area contributed by atoms with Crippen LogP contribution in [-0.4, -0.2) is 52.3 Å². The largest absolute Gasteiger partial charge is 0.366 e. The lowest BCUT2D eigenvalue weighted by molar-refractivity contribution is -0.384. The van der Waals surface area contributed by atoms with E-state index in [0.29, 0.717) is 17.3 Å². The lowest BCUT2D eigenvalue weighted by Gasteiger charge is -2.36. The van der Waals surface area contributed by atoms with E-state index in [-0.39, 0.29) is 10.7 Å². The van der Waals surface area contributed by atoms with Gasteiger partial charge in [-0.3, -0.25) is 19.8 Å². The average molecular weight is 406 g/mol. The molecule has 0 radical (unpaired) electrons. The van der Waals surface area contributed by atoms with Crippen molar-refractivity contribution in [3.63, 3.8) is 0 Å². The number of non-ortho nitro benzene ring substituents is 1. The highest BCUT2D eigenvalue weighted by atomic mass is 35.5. The Bertz CT molecular complexity index is 889. The fourth-order valence-corrected chi connectivity index (χ4v) is 3.45. The van der Waals surface area contributed by atoms with E-state index in [9.17, 15) is 14.9 Å². The first kappa shape index (κ1) is 20.3. The molecule has 1 fully saturated rings. The molecule has 1 saturated heterocycles. The summed E-state index contributed by atoms with van der Waals surface area (Å²) in [6.07, 6.45) is 2.77. The first-order valence-electron chi connectivity index (χ1n) is 9.37. The number of nitro groups is 1. The molecule has 1 aromatic heterocycles. The third-order valence-corrected chi connectivity index (χ3v) is 5.30. The molecule has 0 N–H and O–H groups in total. The molecule has 2 heterocycles. The van der Waals surface area contributed by atoms with Crippen LogP contribution in [0.4, 0.5) is 11.4 Å². The predicted octanol–water partition coefficient (Wildman–Crippen LogP) is 2.96. The van der Waals surface area contributed by atoms with Gasteiger partial charge in [-0.1, -0.05) is 25.4 Å². The SMILES string of the molecule is CC(C)CCN1CCN(c2cnn(-c3ccc([N+](=O)[O-])cc3)c(=O)c2Cl)CC1. The van der Waals surface area contributed by atoms with Crippen molar-refractivity contribution in [3.8, 4) is 5.69 Å². The van der Waals surface area contributed by atoms with Gasteiger partial charge in [-0.15, -0.1) is 0 Å². The normalized spacial score (nSPS) is 15.2. The van der Waals surface area contributed by atoms with Gasteiger partial charge in [-0.2, -0.15) is 9.78 Å². The van der Waals surface area contributed by atoms with Crippen LogP contribution in [-0.2, 0) is 0 Å². The molecule has 1 aromatic carbocycles. The highest BCUT2D eigenvalue weighted by molar-refractivity contribution is 6.33. The Hall–Kier alpha value is -2.45. The zero-order chi connectivity index (χ0) is 20.3. The Morgan fingerprint density at radius 1 is 1.18 bits per heavy atom. The summed E-state index contributed by atoms with van der Waals surface area (Å²) in [7, 11) is 0. The van der Waals surface area contributed by atoms with Gasteiger partial charge in [0.25, 0.3) is 11.2 Å². The minimum Gasteiger partial charge on any atom is -0.366 e. The summed E-state index contributed by atoms with van der Waals surface area (Å²) >= 11 is 6.37. The van der Waals surface area contributed by atoms with E-state index < -0.39 is 10.5 Å². The van der Waals surface area contributed by atoms with E-state index in [0.717, 1.165) is 37.4 Å². The number of rotatable bonds is 6. The minimum atomic E-state index is -0.489. The third-order valence-electron chi connectivity index (χ3n) is 4.94. The summed E-state index contributed by atoms with van der Waals surface area (Å²) in [6, 6.07) is 5.63. The van der Waals surface area contributed by atoms with Gasteiger partial charge in [0.2, 0.25) is 0 Å². The van der Waals surface area contributed by atoms with Crippen LogP contribution in [0.25, 0.3) is 5.69 Å². The Labute approximate surface area is 168 Å². The molecule has 1 aliphatic heterocycles. The van der Waals surface area contributed by atoms with Crippen LogP contribution in [0.15, 0.2) is 35.3 Å². The molecular weight excluding hydrogens is 382 g/mol. The number of hydrogen-bond donors (Lipinski definition) is 0. The van der Waals surface area contributed by atoms with Crippen LogP contribution < -0.4 is 10.5 Å². The molecule has 2 aromatic rings. The summed E-state index contributed by atoms with van der Waals surface area (Å²) in [5.41, 5.74) is 0.584. The molecule has 0 atom stereocenters. The van der Waals surface area contributed by atoms with Crippen molar-refractivity contribution in [3.05, 3.63) is 56.0 Å². The van der Waals surface area contributed by atoms with Gasteiger partial charge in [0.05, 0.1) is 22.5 Å². The highest BCUT2D eigenvalue weighted by Gasteiger charge is 2.21. The molecule has 0 aliphatic carbocycles. The second kappa shape index (κ2) is 8.70. The Morgan fingerprint density at radius 3 is 2.39 bits per heavy atom. The number of hydrogen-bond acceptors (Lipinski definition) is 6. The van der Waals surface area contributed by atoms with Crippen molar-refractivity contribution in [1.29, 1.82) is 0 Å². The Kier molecular flexibility index (Phi) is 6.31. The van der Waals surface area contributed by atoms with Gasteiger partial charge in [-0.05, 0) is 31.0 Å². The summed E-state index contributed by atoms with van der Waals surface area (Å²) in [5.74, 6) is 0.684. The first-order chi connectivity index (χ1) is 13.4. The maximum atomic E-state index is 12.7.